The highest BCUT2D eigenvalue weighted by molar-refractivity contribution is 7.25. The van der Waals surface area contributed by atoms with E-state index in [4.69, 9.17) is 4.74 Å². The summed E-state index contributed by atoms with van der Waals surface area (Å²) in [5.41, 5.74) is 7.35. The summed E-state index contributed by atoms with van der Waals surface area (Å²) < 4.78 is 8.91. The molecule has 0 aliphatic carbocycles. The van der Waals surface area contributed by atoms with E-state index in [2.05, 4.69) is 115 Å². The molecule has 168 valence electrons. The van der Waals surface area contributed by atoms with Gasteiger partial charge in [0.25, 0.3) is 0 Å². The van der Waals surface area contributed by atoms with Gasteiger partial charge in [-0.25, -0.2) is 0 Å². The first kappa shape index (κ1) is 19.9. The third-order valence-corrected chi connectivity index (χ3v) is 8.38. The molecular weight excluding hydrogens is 456 g/mol. The lowest BCUT2D eigenvalue weighted by atomic mass is 9.90. The maximum atomic E-state index is 6.24. The molecule has 0 fully saturated rings. The largest absolute Gasteiger partial charge is 0.456 e. The number of thiophene rings is 1. The van der Waals surface area contributed by atoms with Crippen LogP contribution in [0.1, 0.15) is 0 Å². The summed E-state index contributed by atoms with van der Waals surface area (Å²) in [6.07, 6.45) is 0. The molecule has 2 heteroatoms. The van der Waals surface area contributed by atoms with Crippen LogP contribution in [0.25, 0.3) is 64.3 Å². The number of ether oxygens (including phenoxy) is 1. The topological polar surface area (TPSA) is 9.23 Å². The van der Waals surface area contributed by atoms with Crippen molar-refractivity contribution >= 4 is 42.3 Å². The van der Waals surface area contributed by atoms with E-state index in [1.54, 1.807) is 0 Å². The van der Waals surface area contributed by atoms with Crippen molar-refractivity contribution in [2.24, 2.45) is 0 Å². The Balaban J connectivity index is 1.35. The van der Waals surface area contributed by atoms with Crippen LogP contribution in [0.2, 0.25) is 0 Å². The summed E-state index contributed by atoms with van der Waals surface area (Å²) in [6.45, 7) is 0. The van der Waals surface area contributed by atoms with Gasteiger partial charge in [-0.05, 0) is 75.7 Å². The Bertz CT molecular complexity index is 1980. The molecule has 1 aromatic heterocycles. The normalized spacial score (nSPS) is 12.1. The predicted octanol–water partition coefficient (Wildman–Crippen LogP) is 10.3. The van der Waals surface area contributed by atoms with Crippen LogP contribution in [-0.2, 0) is 0 Å². The quantitative estimate of drug-likeness (QED) is 0.241. The molecule has 0 N–H and O–H groups in total. The predicted molar refractivity (Wildman–Crippen MR) is 153 cm³/mol. The molecule has 1 aliphatic heterocycles. The third-order valence-electron chi connectivity index (χ3n) is 7.25. The fourth-order valence-electron chi connectivity index (χ4n) is 5.64. The first-order valence-electron chi connectivity index (χ1n) is 12.2. The summed E-state index contributed by atoms with van der Waals surface area (Å²) in [5, 5.41) is 5.06. The van der Waals surface area contributed by atoms with Crippen molar-refractivity contribution in [3.05, 3.63) is 121 Å². The number of benzene rings is 6. The molecule has 0 saturated carbocycles. The van der Waals surface area contributed by atoms with Gasteiger partial charge in [-0.15, -0.1) is 11.3 Å². The maximum Gasteiger partial charge on any atom is 0.135 e. The van der Waals surface area contributed by atoms with Crippen molar-refractivity contribution in [2.45, 2.75) is 0 Å². The highest BCUT2D eigenvalue weighted by Crippen LogP contribution is 2.48. The lowest BCUT2D eigenvalue weighted by molar-refractivity contribution is 0.487. The van der Waals surface area contributed by atoms with Crippen molar-refractivity contribution in [1.29, 1.82) is 0 Å². The number of rotatable bonds is 2. The van der Waals surface area contributed by atoms with E-state index in [0.717, 1.165) is 17.1 Å². The monoisotopic (exact) mass is 476 g/mol. The molecule has 0 spiro atoms. The van der Waals surface area contributed by atoms with Crippen molar-refractivity contribution in [2.75, 3.05) is 0 Å². The van der Waals surface area contributed by atoms with E-state index >= 15 is 0 Å². The number of fused-ring (bicyclic) bond motifs is 5. The van der Waals surface area contributed by atoms with Crippen molar-refractivity contribution in [1.82, 2.24) is 0 Å². The Morgan fingerprint density at radius 1 is 0.444 bits per heavy atom. The summed E-state index contributed by atoms with van der Waals surface area (Å²) in [6, 6.07) is 43.6. The van der Waals surface area contributed by atoms with E-state index in [0.29, 0.717) is 0 Å². The van der Waals surface area contributed by atoms with E-state index in [9.17, 15) is 0 Å². The van der Waals surface area contributed by atoms with Gasteiger partial charge in [-0.2, -0.15) is 0 Å². The van der Waals surface area contributed by atoms with Crippen molar-refractivity contribution in [3.63, 3.8) is 0 Å². The van der Waals surface area contributed by atoms with Gasteiger partial charge in [0.2, 0.25) is 0 Å². The molecule has 1 nitrogen and oxygen atoms in total. The van der Waals surface area contributed by atoms with Crippen LogP contribution in [0.15, 0.2) is 121 Å². The van der Waals surface area contributed by atoms with Gasteiger partial charge in [0.1, 0.15) is 11.5 Å². The van der Waals surface area contributed by atoms with Gasteiger partial charge in [-0.1, -0.05) is 78.9 Å². The molecule has 8 rings (SSSR count). The minimum atomic E-state index is 0.916. The Labute approximate surface area is 212 Å². The highest BCUT2D eigenvalue weighted by Gasteiger charge is 2.20. The van der Waals surface area contributed by atoms with E-state index in [1.807, 2.05) is 17.4 Å². The van der Waals surface area contributed by atoms with Gasteiger partial charge in [0.05, 0.1) is 0 Å². The second-order valence-corrected chi connectivity index (χ2v) is 10.4. The number of para-hydroxylation sites is 1. The number of hydrogen-bond acceptors (Lipinski definition) is 2. The fraction of sp³-hybridized carbons (Fsp3) is 0. The minimum Gasteiger partial charge on any atom is -0.456 e. The van der Waals surface area contributed by atoms with Gasteiger partial charge in [0.15, 0.2) is 0 Å². The van der Waals surface area contributed by atoms with E-state index in [1.165, 1.54) is 58.8 Å². The average Bonchev–Trinajstić information content (AvgIpc) is 3.32. The smallest absolute Gasteiger partial charge is 0.135 e. The average molecular weight is 477 g/mol. The first-order valence-corrected chi connectivity index (χ1v) is 13.0. The molecule has 0 radical (unpaired) electrons. The minimum absolute atomic E-state index is 0.916. The van der Waals surface area contributed by atoms with Crippen molar-refractivity contribution in [3.8, 4) is 44.9 Å². The third kappa shape index (κ3) is 2.89. The van der Waals surface area contributed by atoms with Gasteiger partial charge in [0, 0.05) is 31.1 Å². The first-order chi connectivity index (χ1) is 17.8. The van der Waals surface area contributed by atoms with Gasteiger partial charge < -0.3 is 4.74 Å². The lowest BCUT2D eigenvalue weighted by Crippen LogP contribution is -1.97. The molecule has 0 saturated heterocycles. The lowest BCUT2D eigenvalue weighted by Gasteiger charge is -2.22. The molecular formula is C34H20OS. The van der Waals surface area contributed by atoms with Crippen LogP contribution in [0.3, 0.4) is 0 Å². The zero-order valence-corrected chi connectivity index (χ0v) is 20.2. The fourth-order valence-corrected chi connectivity index (χ4v) is 6.77. The second kappa shape index (κ2) is 7.55. The molecule has 7 aromatic rings. The highest BCUT2D eigenvalue weighted by atomic mass is 32.1. The van der Waals surface area contributed by atoms with Crippen molar-refractivity contribution < 1.29 is 4.74 Å². The Hall–Kier alpha value is -4.40. The maximum absolute atomic E-state index is 6.24. The molecule has 0 atom stereocenters. The zero-order chi connectivity index (χ0) is 23.6. The van der Waals surface area contributed by atoms with Crippen LogP contribution >= 0.6 is 11.3 Å². The Morgan fingerprint density at radius 2 is 1.19 bits per heavy atom. The molecule has 0 unspecified atom stereocenters. The molecule has 1 aliphatic rings. The molecule has 2 heterocycles. The SMILES string of the molecule is c1cc(-c2cc3c4c(cccc4c2)Oc2ccccc2-3)cc(-c2cccc3sc4ccccc4c23)c1. The number of hydrogen-bond donors (Lipinski definition) is 0. The summed E-state index contributed by atoms with van der Waals surface area (Å²) in [7, 11) is 0. The van der Waals surface area contributed by atoms with Crippen LogP contribution in [0, 0.1) is 0 Å². The van der Waals surface area contributed by atoms with Gasteiger partial charge in [-0.3, -0.25) is 0 Å². The summed E-state index contributed by atoms with van der Waals surface area (Å²) in [4.78, 5) is 0. The van der Waals surface area contributed by atoms with E-state index in [-0.39, 0.29) is 0 Å². The molecule has 36 heavy (non-hydrogen) atoms. The Kier molecular flexibility index (Phi) is 4.16. The molecule has 6 aromatic carbocycles. The molecule has 0 bridgehead atoms. The summed E-state index contributed by atoms with van der Waals surface area (Å²) >= 11 is 1.87. The summed E-state index contributed by atoms with van der Waals surface area (Å²) in [5.74, 6) is 1.84. The van der Waals surface area contributed by atoms with Crippen LogP contribution in [0.4, 0.5) is 0 Å². The second-order valence-electron chi connectivity index (χ2n) is 9.33. The van der Waals surface area contributed by atoms with Crippen LogP contribution in [0.5, 0.6) is 11.5 Å². The van der Waals surface area contributed by atoms with Gasteiger partial charge >= 0.3 is 0 Å². The van der Waals surface area contributed by atoms with Crippen LogP contribution in [-0.4, -0.2) is 0 Å². The van der Waals surface area contributed by atoms with Crippen LogP contribution < -0.4 is 4.74 Å². The zero-order valence-electron chi connectivity index (χ0n) is 19.4. The standard InChI is InChI=1S/C34H20OS/c1-3-14-29-26(11-1)28-20-24(19-23-10-6-15-30(35-29)33(23)28)21-8-5-9-22(18-21)25-13-7-17-32-34(25)27-12-2-4-16-31(27)36-32/h1-20H. The molecule has 0 amide bonds. The Morgan fingerprint density at radius 3 is 2.19 bits per heavy atom. The van der Waals surface area contributed by atoms with E-state index < -0.39 is 0 Å².